The summed E-state index contributed by atoms with van der Waals surface area (Å²) in [5, 5.41) is 9.54. The number of rotatable bonds is 2. The molecule has 1 aromatic carbocycles. The molecule has 0 aromatic heterocycles. The summed E-state index contributed by atoms with van der Waals surface area (Å²) in [5.41, 5.74) is 0.662. The Morgan fingerprint density at radius 2 is 2.00 bits per heavy atom. The van der Waals surface area contributed by atoms with Gasteiger partial charge in [-0.25, -0.2) is 4.39 Å². The average Bonchev–Trinajstić information content (AvgIpc) is 2.07. The predicted molar refractivity (Wildman–Crippen MR) is 53.9 cm³/mol. The fourth-order valence-corrected chi connectivity index (χ4v) is 1.66. The molecule has 1 aromatic rings. The van der Waals surface area contributed by atoms with Gasteiger partial charge in [-0.15, -0.1) is 11.8 Å². The van der Waals surface area contributed by atoms with Crippen LogP contribution in [0.5, 0.6) is 5.75 Å². The molecule has 0 saturated carbocycles. The molecular formula is C10H13FOS. The van der Waals surface area contributed by atoms with Gasteiger partial charge < -0.3 is 5.11 Å². The zero-order valence-electron chi connectivity index (χ0n) is 7.97. The van der Waals surface area contributed by atoms with Crippen molar-refractivity contribution in [1.82, 2.24) is 0 Å². The summed E-state index contributed by atoms with van der Waals surface area (Å²) in [7, 11) is 0. The van der Waals surface area contributed by atoms with Crippen LogP contribution in [0, 0.1) is 5.82 Å². The van der Waals surface area contributed by atoms with E-state index in [4.69, 9.17) is 0 Å². The summed E-state index contributed by atoms with van der Waals surface area (Å²) in [5.74, 6) is 0.0696. The second-order valence-electron chi connectivity index (χ2n) is 3.20. The SMILES string of the molecule is CSc1cc(O)c(C(C)C)cc1F. The molecule has 0 fully saturated rings. The molecule has 0 aliphatic heterocycles. The van der Waals surface area contributed by atoms with Gasteiger partial charge in [-0.05, 0) is 29.9 Å². The highest BCUT2D eigenvalue weighted by Crippen LogP contribution is 2.31. The molecule has 1 N–H and O–H groups in total. The lowest BCUT2D eigenvalue weighted by Crippen LogP contribution is -1.91. The van der Waals surface area contributed by atoms with E-state index < -0.39 is 0 Å². The lowest BCUT2D eigenvalue weighted by molar-refractivity contribution is 0.458. The van der Waals surface area contributed by atoms with Gasteiger partial charge in [0.2, 0.25) is 0 Å². The monoisotopic (exact) mass is 200 g/mol. The van der Waals surface area contributed by atoms with Crippen LogP contribution in [0.1, 0.15) is 25.3 Å². The molecule has 1 nitrogen and oxygen atoms in total. The number of thioether (sulfide) groups is 1. The molecule has 0 aliphatic rings. The van der Waals surface area contributed by atoms with E-state index in [1.165, 1.54) is 23.9 Å². The van der Waals surface area contributed by atoms with Crippen molar-refractivity contribution in [3.63, 3.8) is 0 Å². The summed E-state index contributed by atoms with van der Waals surface area (Å²) in [6, 6.07) is 2.89. The van der Waals surface area contributed by atoms with Crippen molar-refractivity contribution in [2.45, 2.75) is 24.7 Å². The van der Waals surface area contributed by atoms with Crippen LogP contribution in [0.4, 0.5) is 4.39 Å². The molecule has 0 saturated heterocycles. The number of phenols is 1. The number of hydrogen-bond acceptors (Lipinski definition) is 2. The molecule has 0 atom stereocenters. The maximum absolute atomic E-state index is 13.3. The Hall–Kier alpha value is -0.700. The fourth-order valence-electron chi connectivity index (χ4n) is 1.18. The fraction of sp³-hybridized carbons (Fsp3) is 0.400. The summed E-state index contributed by atoms with van der Waals surface area (Å²) in [4.78, 5) is 0.488. The van der Waals surface area contributed by atoms with Crippen molar-refractivity contribution in [3.05, 3.63) is 23.5 Å². The number of benzene rings is 1. The van der Waals surface area contributed by atoms with Crippen molar-refractivity contribution in [2.24, 2.45) is 0 Å². The minimum absolute atomic E-state index is 0.144. The molecule has 0 radical (unpaired) electrons. The Labute approximate surface area is 82.0 Å². The molecule has 0 aliphatic carbocycles. The van der Waals surface area contributed by atoms with Crippen LogP contribution in [0.15, 0.2) is 17.0 Å². The molecule has 13 heavy (non-hydrogen) atoms. The molecule has 0 bridgehead atoms. The Balaban J connectivity index is 3.20. The highest BCUT2D eigenvalue weighted by Gasteiger charge is 2.10. The minimum Gasteiger partial charge on any atom is -0.508 e. The molecule has 0 amide bonds. The average molecular weight is 200 g/mol. The van der Waals surface area contributed by atoms with E-state index >= 15 is 0 Å². The number of phenolic OH excluding ortho intramolecular Hbond substituents is 1. The van der Waals surface area contributed by atoms with Gasteiger partial charge in [-0.2, -0.15) is 0 Å². The van der Waals surface area contributed by atoms with Crippen LogP contribution in [0.25, 0.3) is 0 Å². The summed E-state index contributed by atoms with van der Waals surface area (Å²) >= 11 is 1.30. The predicted octanol–water partition coefficient (Wildman–Crippen LogP) is 3.38. The Morgan fingerprint density at radius 1 is 1.38 bits per heavy atom. The minimum atomic E-state index is -0.256. The van der Waals surface area contributed by atoms with E-state index in [9.17, 15) is 9.50 Å². The van der Waals surface area contributed by atoms with Crippen LogP contribution in [0.2, 0.25) is 0 Å². The molecule has 3 heteroatoms. The molecule has 0 unspecified atom stereocenters. The van der Waals surface area contributed by atoms with Crippen LogP contribution in [-0.4, -0.2) is 11.4 Å². The summed E-state index contributed by atoms with van der Waals surface area (Å²) in [6.45, 7) is 3.85. The number of aromatic hydroxyl groups is 1. The van der Waals surface area contributed by atoms with Gasteiger partial charge in [0, 0.05) is 4.90 Å². The van der Waals surface area contributed by atoms with Gasteiger partial charge in [0.1, 0.15) is 11.6 Å². The summed E-state index contributed by atoms with van der Waals surface area (Å²) in [6.07, 6.45) is 1.78. The Morgan fingerprint density at radius 3 is 2.46 bits per heavy atom. The first-order valence-corrected chi connectivity index (χ1v) is 5.35. The van der Waals surface area contributed by atoms with E-state index in [-0.39, 0.29) is 17.5 Å². The first-order chi connectivity index (χ1) is 6.06. The zero-order chi connectivity index (χ0) is 10.0. The van der Waals surface area contributed by atoms with Crippen LogP contribution < -0.4 is 0 Å². The highest BCUT2D eigenvalue weighted by atomic mass is 32.2. The largest absolute Gasteiger partial charge is 0.508 e. The maximum atomic E-state index is 13.3. The van der Waals surface area contributed by atoms with Crippen molar-refractivity contribution < 1.29 is 9.50 Å². The smallest absolute Gasteiger partial charge is 0.137 e. The van der Waals surface area contributed by atoms with Gasteiger partial charge in [0.05, 0.1) is 0 Å². The molecule has 0 heterocycles. The van der Waals surface area contributed by atoms with Crippen molar-refractivity contribution in [1.29, 1.82) is 0 Å². The van der Waals surface area contributed by atoms with Crippen molar-refractivity contribution in [3.8, 4) is 5.75 Å². The first kappa shape index (κ1) is 10.4. The lowest BCUT2D eigenvalue weighted by Gasteiger charge is -2.09. The quantitative estimate of drug-likeness (QED) is 0.738. The van der Waals surface area contributed by atoms with Crippen LogP contribution >= 0.6 is 11.8 Å². The highest BCUT2D eigenvalue weighted by molar-refractivity contribution is 7.98. The standard InChI is InChI=1S/C10H13FOS/c1-6(2)7-4-8(11)10(13-3)5-9(7)12/h4-6,12H,1-3H3. The second-order valence-corrected chi connectivity index (χ2v) is 4.05. The number of hydrogen-bond donors (Lipinski definition) is 1. The number of halogens is 1. The van der Waals surface area contributed by atoms with E-state index in [0.717, 1.165) is 0 Å². The third kappa shape index (κ3) is 2.15. The lowest BCUT2D eigenvalue weighted by atomic mass is 10.0. The van der Waals surface area contributed by atoms with Crippen molar-refractivity contribution >= 4 is 11.8 Å². The molecular weight excluding hydrogens is 187 g/mol. The first-order valence-electron chi connectivity index (χ1n) is 4.12. The van der Waals surface area contributed by atoms with Gasteiger partial charge in [0.15, 0.2) is 0 Å². The van der Waals surface area contributed by atoms with Gasteiger partial charge in [-0.1, -0.05) is 13.8 Å². The summed E-state index contributed by atoms with van der Waals surface area (Å²) < 4.78 is 13.3. The van der Waals surface area contributed by atoms with E-state index in [0.29, 0.717) is 10.5 Å². The third-order valence-corrected chi connectivity index (χ3v) is 2.68. The molecule has 1 rings (SSSR count). The normalized spacial score (nSPS) is 10.8. The van der Waals surface area contributed by atoms with E-state index in [1.54, 1.807) is 6.26 Å². The Kier molecular flexibility index (Phi) is 3.20. The van der Waals surface area contributed by atoms with Crippen LogP contribution in [-0.2, 0) is 0 Å². The van der Waals surface area contributed by atoms with Crippen molar-refractivity contribution in [2.75, 3.05) is 6.26 Å². The van der Waals surface area contributed by atoms with Gasteiger partial charge >= 0.3 is 0 Å². The van der Waals surface area contributed by atoms with Crippen LogP contribution in [0.3, 0.4) is 0 Å². The zero-order valence-corrected chi connectivity index (χ0v) is 8.78. The molecule has 72 valence electrons. The Bertz CT molecular complexity index is 310. The third-order valence-electron chi connectivity index (χ3n) is 1.92. The van der Waals surface area contributed by atoms with E-state index in [2.05, 4.69) is 0 Å². The van der Waals surface area contributed by atoms with Gasteiger partial charge in [0.25, 0.3) is 0 Å². The maximum Gasteiger partial charge on any atom is 0.137 e. The van der Waals surface area contributed by atoms with E-state index in [1.807, 2.05) is 13.8 Å². The topological polar surface area (TPSA) is 20.2 Å². The molecule has 0 spiro atoms. The van der Waals surface area contributed by atoms with Gasteiger partial charge in [-0.3, -0.25) is 0 Å². The second kappa shape index (κ2) is 4.01.